The van der Waals surface area contributed by atoms with Crippen molar-refractivity contribution in [3.8, 4) is 5.69 Å². The van der Waals surface area contributed by atoms with E-state index in [2.05, 4.69) is 15.3 Å². The number of imidazole rings is 1. The van der Waals surface area contributed by atoms with E-state index < -0.39 is 15.7 Å². The van der Waals surface area contributed by atoms with Crippen molar-refractivity contribution in [3.05, 3.63) is 65.0 Å². The molecule has 7 nitrogen and oxygen atoms in total. The highest BCUT2D eigenvalue weighted by Gasteiger charge is 2.33. The summed E-state index contributed by atoms with van der Waals surface area (Å²) in [6, 6.07) is 9.78. The minimum Gasteiger partial charge on any atom is -0.320 e. The number of halogens is 1. The van der Waals surface area contributed by atoms with Gasteiger partial charge in [-0.15, -0.1) is 0 Å². The van der Waals surface area contributed by atoms with Gasteiger partial charge in [-0.25, -0.2) is 18.4 Å². The number of aromatic nitrogens is 3. The molecule has 1 aliphatic rings. The second kappa shape index (κ2) is 5.93. The zero-order chi connectivity index (χ0) is 18.5. The second-order valence-electron chi connectivity index (χ2n) is 5.84. The Morgan fingerprint density at radius 2 is 2.04 bits per heavy atom. The highest BCUT2D eigenvalue weighted by molar-refractivity contribution is 7.90. The second-order valence-corrected chi connectivity index (χ2v) is 8.18. The molecule has 1 amide bonds. The molecule has 3 heterocycles. The summed E-state index contributed by atoms with van der Waals surface area (Å²) in [5, 5.41) is 2.92. The molecule has 0 saturated carbocycles. The van der Waals surface area contributed by atoms with Gasteiger partial charge >= 0.3 is 0 Å². The molecule has 0 fully saturated rings. The quantitative estimate of drug-likeness (QED) is 0.681. The summed E-state index contributed by atoms with van der Waals surface area (Å²) >= 11 is 5.83. The van der Waals surface area contributed by atoms with E-state index in [0.29, 0.717) is 22.9 Å². The first kappa shape index (κ1) is 16.7. The van der Waals surface area contributed by atoms with Crippen molar-refractivity contribution in [2.45, 2.75) is 17.6 Å². The summed E-state index contributed by atoms with van der Waals surface area (Å²) in [7, 11) is -3.55. The van der Waals surface area contributed by atoms with Gasteiger partial charge in [0.25, 0.3) is 5.91 Å². The Hall–Kier alpha value is -2.71. The molecule has 0 atom stereocenters. The smallest absolute Gasteiger partial charge is 0.276 e. The van der Waals surface area contributed by atoms with Crippen LogP contribution >= 0.6 is 11.6 Å². The summed E-state index contributed by atoms with van der Waals surface area (Å²) < 4.78 is 27.0. The minimum atomic E-state index is -3.55. The lowest BCUT2D eigenvalue weighted by Gasteiger charge is -2.20. The molecule has 0 bridgehead atoms. The number of sulfone groups is 1. The van der Waals surface area contributed by atoms with E-state index in [1.54, 1.807) is 41.8 Å². The Kier molecular flexibility index (Phi) is 3.82. The van der Waals surface area contributed by atoms with Gasteiger partial charge in [0, 0.05) is 11.9 Å². The van der Waals surface area contributed by atoms with Crippen molar-refractivity contribution in [2.75, 3.05) is 5.32 Å². The number of carbonyl (C=O) groups excluding carboxylic acids is 1. The van der Waals surface area contributed by atoms with E-state index in [1.165, 1.54) is 12.3 Å². The average molecular weight is 389 g/mol. The van der Waals surface area contributed by atoms with Crippen LogP contribution in [0.15, 0.2) is 47.5 Å². The number of rotatable bonds is 2. The van der Waals surface area contributed by atoms with E-state index >= 15 is 0 Å². The van der Waals surface area contributed by atoms with Gasteiger partial charge in [0.05, 0.1) is 22.0 Å². The Balaban J connectivity index is 1.81. The molecule has 9 heteroatoms. The first-order valence-electron chi connectivity index (χ1n) is 7.70. The Morgan fingerprint density at radius 1 is 1.27 bits per heavy atom. The first-order chi connectivity index (χ1) is 12.4. The molecular weight excluding hydrogens is 376 g/mol. The van der Waals surface area contributed by atoms with Crippen LogP contribution < -0.4 is 5.32 Å². The Bertz CT molecular complexity index is 1150. The molecule has 0 spiro atoms. The number of anilines is 1. The molecule has 0 unspecified atom stereocenters. The zero-order valence-corrected chi connectivity index (χ0v) is 15.2. The Labute approximate surface area is 154 Å². The van der Waals surface area contributed by atoms with Crippen LogP contribution in [0.4, 0.5) is 5.69 Å². The number of nitrogens with one attached hydrogen (secondary N) is 1. The number of hydrogen-bond acceptors (Lipinski definition) is 5. The third-order valence-electron chi connectivity index (χ3n) is 4.11. The van der Waals surface area contributed by atoms with Crippen molar-refractivity contribution in [1.82, 2.24) is 14.5 Å². The fourth-order valence-electron chi connectivity index (χ4n) is 3.05. The van der Waals surface area contributed by atoms with Gasteiger partial charge in [-0.1, -0.05) is 23.7 Å². The molecule has 4 rings (SSSR count). The maximum atomic E-state index is 12.7. The van der Waals surface area contributed by atoms with Crippen LogP contribution in [0.2, 0.25) is 5.15 Å². The molecule has 1 aromatic carbocycles. The highest BCUT2D eigenvalue weighted by Crippen LogP contribution is 2.33. The minimum absolute atomic E-state index is 0.0773. The van der Waals surface area contributed by atoms with Crippen molar-refractivity contribution < 1.29 is 13.2 Å². The van der Waals surface area contributed by atoms with Crippen LogP contribution in [0.3, 0.4) is 0 Å². The lowest BCUT2D eigenvalue weighted by Crippen LogP contribution is -2.22. The molecule has 2 aromatic heterocycles. The molecule has 1 aliphatic heterocycles. The van der Waals surface area contributed by atoms with Crippen LogP contribution in [0, 0.1) is 6.92 Å². The van der Waals surface area contributed by atoms with E-state index in [0.717, 1.165) is 0 Å². The van der Waals surface area contributed by atoms with Gasteiger partial charge in [-0.05, 0) is 31.2 Å². The number of carbonyl (C=O) groups is 1. The molecule has 0 aliphatic carbocycles. The standard InChI is InChI=1S/C17H13ClN4O3S/c1-10-20-16(17(23)21-11-6-7-19-15(18)8-11)13-9-26(24,25)14-5-3-2-4-12(14)22(10)13/h2-8H,9H2,1H3,(H,19,21,23). The van der Waals surface area contributed by atoms with Gasteiger partial charge in [-0.3, -0.25) is 9.36 Å². The molecular formula is C17H13ClN4O3S. The molecule has 0 saturated heterocycles. The summed E-state index contributed by atoms with van der Waals surface area (Å²) in [5.74, 6) is -0.246. The number of para-hydroxylation sites is 1. The normalized spacial score (nSPS) is 14.4. The largest absolute Gasteiger partial charge is 0.320 e. The van der Waals surface area contributed by atoms with Gasteiger partial charge in [-0.2, -0.15) is 0 Å². The van der Waals surface area contributed by atoms with E-state index in [9.17, 15) is 13.2 Å². The van der Waals surface area contributed by atoms with Crippen LogP contribution in [-0.2, 0) is 15.6 Å². The number of amides is 1. The van der Waals surface area contributed by atoms with Crippen LogP contribution in [-0.4, -0.2) is 28.9 Å². The van der Waals surface area contributed by atoms with Gasteiger partial charge in [0.2, 0.25) is 0 Å². The maximum absolute atomic E-state index is 12.7. The predicted octanol–water partition coefficient (Wildman–Crippen LogP) is 2.77. The third-order valence-corrected chi connectivity index (χ3v) is 5.98. The van der Waals surface area contributed by atoms with E-state index in [-0.39, 0.29) is 21.5 Å². The number of fused-ring (bicyclic) bond motifs is 3. The van der Waals surface area contributed by atoms with Crippen molar-refractivity contribution >= 4 is 33.0 Å². The number of pyridine rings is 1. The van der Waals surface area contributed by atoms with E-state index in [4.69, 9.17) is 11.6 Å². The summed E-state index contributed by atoms with van der Waals surface area (Å²) in [5.41, 5.74) is 1.38. The first-order valence-corrected chi connectivity index (χ1v) is 9.73. The molecule has 1 N–H and O–H groups in total. The van der Waals surface area contributed by atoms with Crippen LogP contribution in [0.5, 0.6) is 0 Å². The average Bonchev–Trinajstić information content (AvgIpc) is 2.91. The number of benzene rings is 1. The topological polar surface area (TPSA) is 93.9 Å². The summed E-state index contributed by atoms with van der Waals surface area (Å²) in [6.07, 6.45) is 1.46. The summed E-state index contributed by atoms with van der Waals surface area (Å²) in [6.45, 7) is 1.73. The zero-order valence-electron chi connectivity index (χ0n) is 13.6. The van der Waals surface area contributed by atoms with Gasteiger partial charge in [0.15, 0.2) is 15.5 Å². The third kappa shape index (κ3) is 2.67. The maximum Gasteiger partial charge on any atom is 0.276 e. The predicted molar refractivity (Wildman–Crippen MR) is 96.4 cm³/mol. The number of aryl methyl sites for hydroxylation is 1. The van der Waals surface area contributed by atoms with Crippen molar-refractivity contribution in [1.29, 1.82) is 0 Å². The van der Waals surface area contributed by atoms with Crippen molar-refractivity contribution in [2.24, 2.45) is 0 Å². The molecule has 0 radical (unpaired) electrons. The Morgan fingerprint density at radius 3 is 2.81 bits per heavy atom. The SMILES string of the molecule is Cc1nc(C(=O)Nc2ccnc(Cl)c2)c2n1-c1ccccc1S(=O)(=O)C2. The highest BCUT2D eigenvalue weighted by atomic mass is 35.5. The van der Waals surface area contributed by atoms with Gasteiger partial charge < -0.3 is 5.32 Å². The van der Waals surface area contributed by atoms with Gasteiger partial charge in [0.1, 0.15) is 11.0 Å². The van der Waals surface area contributed by atoms with Crippen LogP contribution in [0.1, 0.15) is 22.0 Å². The monoisotopic (exact) mass is 388 g/mol. The number of nitrogens with zero attached hydrogens (tertiary/aromatic N) is 3. The lowest BCUT2D eigenvalue weighted by atomic mass is 10.2. The summed E-state index contributed by atoms with van der Waals surface area (Å²) in [4.78, 5) is 21.1. The fraction of sp³-hybridized carbons (Fsp3) is 0.118. The van der Waals surface area contributed by atoms with Crippen LogP contribution in [0.25, 0.3) is 5.69 Å². The fourth-order valence-corrected chi connectivity index (χ4v) is 4.76. The number of hydrogen-bond donors (Lipinski definition) is 1. The van der Waals surface area contributed by atoms with E-state index in [1.807, 2.05) is 0 Å². The lowest BCUT2D eigenvalue weighted by molar-refractivity contribution is 0.102. The molecule has 132 valence electrons. The molecule has 3 aromatic rings. The van der Waals surface area contributed by atoms with Crippen molar-refractivity contribution in [3.63, 3.8) is 0 Å². The molecule has 26 heavy (non-hydrogen) atoms.